The van der Waals surface area contributed by atoms with E-state index >= 15 is 0 Å². The van der Waals surface area contributed by atoms with E-state index in [2.05, 4.69) is 26.1 Å². The summed E-state index contributed by atoms with van der Waals surface area (Å²) in [5, 5.41) is 12.3. The van der Waals surface area contributed by atoms with Gasteiger partial charge in [0.05, 0.1) is 12.8 Å². The number of esters is 1. The average Bonchev–Trinajstić information content (AvgIpc) is 2.99. The van der Waals surface area contributed by atoms with Crippen molar-refractivity contribution in [1.29, 1.82) is 0 Å². The number of carboxylic acid groups (broad SMARTS) is 1. The van der Waals surface area contributed by atoms with E-state index in [0.717, 1.165) is 59.4 Å². The van der Waals surface area contributed by atoms with Gasteiger partial charge in [-0.15, -0.1) is 0 Å². The third kappa shape index (κ3) is 7.68. The smallest absolute Gasteiger partial charge is 0.306 e. The fourth-order valence-electron chi connectivity index (χ4n) is 6.54. The molecule has 0 saturated heterocycles. The van der Waals surface area contributed by atoms with E-state index in [4.69, 9.17) is 14.6 Å². The maximum absolute atomic E-state index is 13.8. The number of carboxylic acids is 1. The summed E-state index contributed by atoms with van der Waals surface area (Å²) in [5.41, 5.74) is 4.19. The van der Waals surface area contributed by atoms with Crippen molar-refractivity contribution in [2.45, 2.75) is 96.0 Å². The number of carbonyl (C=O) groups excluding carboxylic acids is 2. The summed E-state index contributed by atoms with van der Waals surface area (Å²) in [6.07, 6.45) is 5.67. The summed E-state index contributed by atoms with van der Waals surface area (Å²) >= 11 is 0. The number of para-hydroxylation sites is 2. The molecule has 1 amide bonds. The number of fused-ring (bicyclic) bond motifs is 2. The molecule has 0 spiro atoms. The highest BCUT2D eigenvalue weighted by atomic mass is 16.5. The summed E-state index contributed by atoms with van der Waals surface area (Å²) in [5.74, 6) is 0.122. The molecule has 7 heteroatoms. The Labute approximate surface area is 260 Å². The van der Waals surface area contributed by atoms with Crippen LogP contribution in [0, 0.1) is 5.92 Å². The zero-order chi connectivity index (χ0) is 31.3. The van der Waals surface area contributed by atoms with Crippen LogP contribution in [0.1, 0.15) is 113 Å². The van der Waals surface area contributed by atoms with E-state index in [1.807, 2.05) is 66.7 Å². The number of anilines is 1. The molecule has 0 aromatic heterocycles. The maximum Gasteiger partial charge on any atom is 0.306 e. The number of carbonyl (C=O) groups is 3. The van der Waals surface area contributed by atoms with Gasteiger partial charge in [-0.2, -0.15) is 0 Å². The molecule has 3 aromatic carbocycles. The molecule has 1 atom stereocenters. The first kappa shape index (κ1) is 31.3. The maximum atomic E-state index is 13.8. The number of hydrogen-bond acceptors (Lipinski definition) is 5. The van der Waals surface area contributed by atoms with Gasteiger partial charge >= 0.3 is 11.9 Å². The van der Waals surface area contributed by atoms with Crippen LogP contribution < -0.4 is 10.1 Å². The monoisotopic (exact) mass is 597 g/mol. The van der Waals surface area contributed by atoms with Crippen molar-refractivity contribution in [3.63, 3.8) is 0 Å². The van der Waals surface area contributed by atoms with Crippen molar-refractivity contribution in [2.75, 3.05) is 5.32 Å². The lowest BCUT2D eigenvalue weighted by Gasteiger charge is -2.30. The number of benzene rings is 3. The van der Waals surface area contributed by atoms with Gasteiger partial charge in [-0.1, -0.05) is 101 Å². The number of nitrogens with one attached hydrogen (secondary N) is 1. The van der Waals surface area contributed by atoms with Crippen molar-refractivity contribution in [3.8, 4) is 11.5 Å². The second-order valence-corrected chi connectivity index (χ2v) is 13.1. The van der Waals surface area contributed by atoms with Crippen molar-refractivity contribution in [2.24, 2.45) is 5.92 Å². The highest BCUT2D eigenvalue weighted by molar-refractivity contribution is 5.93. The molecule has 1 saturated carbocycles. The molecule has 232 valence electrons. The molecule has 0 radical (unpaired) electrons. The predicted molar refractivity (Wildman–Crippen MR) is 170 cm³/mol. The summed E-state index contributed by atoms with van der Waals surface area (Å²) in [6.45, 7) is 6.32. The largest absolute Gasteiger partial charge is 0.481 e. The summed E-state index contributed by atoms with van der Waals surface area (Å²) in [4.78, 5) is 37.6. The Hall–Kier alpha value is -4.13. The van der Waals surface area contributed by atoms with E-state index in [9.17, 15) is 14.4 Å². The Kier molecular flexibility index (Phi) is 9.72. The van der Waals surface area contributed by atoms with Crippen LogP contribution in [0.3, 0.4) is 0 Å². The van der Waals surface area contributed by atoms with Crippen molar-refractivity contribution in [1.82, 2.24) is 0 Å². The molecule has 1 unspecified atom stereocenters. The number of rotatable bonds is 10. The van der Waals surface area contributed by atoms with Crippen LogP contribution in [-0.2, 0) is 24.5 Å². The lowest BCUT2D eigenvalue weighted by molar-refractivity contribution is -0.153. The van der Waals surface area contributed by atoms with Gasteiger partial charge in [0.15, 0.2) is 0 Å². The molecule has 1 heterocycles. The molecule has 2 N–H and O–H groups in total. The van der Waals surface area contributed by atoms with E-state index in [1.165, 1.54) is 6.42 Å². The van der Waals surface area contributed by atoms with Crippen LogP contribution in [0.5, 0.6) is 11.5 Å². The normalized spacial score (nSPS) is 15.8. The van der Waals surface area contributed by atoms with Crippen LogP contribution in [0.15, 0.2) is 66.7 Å². The van der Waals surface area contributed by atoms with Crippen LogP contribution in [0.4, 0.5) is 5.69 Å². The first-order valence-electron chi connectivity index (χ1n) is 15.8. The van der Waals surface area contributed by atoms with Crippen molar-refractivity contribution in [3.05, 3.63) is 89.0 Å². The fourth-order valence-corrected chi connectivity index (χ4v) is 6.54. The van der Waals surface area contributed by atoms with E-state index in [-0.39, 0.29) is 36.5 Å². The Morgan fingerprint density at radius 2 is 1.55 bits per heavy atom. The number of amides is 1. The van der Waals surface area contributed by atoms with Crippen LogP contribution in [0.2, 0.25) is 0 Å². The SMILES string of the molecule is CC(C)(C)c1ccc(C(CC2CCCCC2)OC(=O)CCC(=O)O)cc1NC(=O)CC1c2ccccc2Oc2ccccc21. The average molecular weight is 598 g/mol. The zero-order valence-electron chi connectivity index (χ0n) is 25.9. The van der Waals surface area contributed by atoms with Gasteiger partial charge < -0.3 is 19.9 Å². The predicted octanol–water partition coefficient (Wildman–Crippen LogP) is 8.67. The Bertz CT molecular complexity index is 1450. The Morgan fingerprint density at radius 1 is 0.909 bits per heavy atom. The van der Waals surface area contributed by atoms with Crippen molar-refractivity contribution < 1.29 is 29.0 Å². The minimum absolute atomic E-state index is 0.119. The second kappa shape index (κ2) is 13.7. The standard InChI is InChI=1S/C37H43NO6/c1-37(2,3)29-18-17-25(33(21-24-11-5-4-6-12-24)44-36(42)20-19-35(40)41)22-30(29)38-34(39)23-28-26-13-7-9-15-31(26)43-32-16-10-8-14-27(28)32/h7-10,13-18,22,24,28,33H,4-6,11-12,19-21,23H2,1-3H3,(H,38,39)(H,40,41). The Balaban J connectivity index is 1.42. The first-order chi connectivity index (χ1) is 21.1. The molecular weight excluding hydrogens is 554 g/mol. The van der Waals surface area contributed by atoms with Gasteiger partial charge in [-0.3, -0.25) is 14.4 Å². The molecule has 1 fully saturated rings. The van der Waals surface area contributed by atoms with Crippen LogP contribution in [-0.4, -0.2) is 23.0 Å². The molecule has 7 nitrogen and oxygen atoms in total. The quantitative estimate of drug-likeness (QED) is 0.227. The van der Waals surface area contributed by atoms with Gasteiger partial charge in [0, 0.05) is 29.2 Å². The van der Waals surface area contributed by atoms with Gasteiger partial charge in [-0.05, 0) is 47.1 Å². The van der Waals surface area contributed by atoms with E-state index in [1.54, 1.807) is 0 Å². The molecule has 0 bridgehead atoms. The minimum Gasteiger partial charge on any atom is -0.481 e. The highest BCUT2D eigenvalue weighted by Gasteiger charge is 2.30. The Morgan fingerprint density at radius 3 is 2.16 bits per heavy atom. The van der Waals surface area contributed by atoms with Gasteiger partial charge in [0.25, 0.3) is 0 Å². The third-order valence-electron chi connectivity index (χ3n) is 8.78. The molecular formula is C37H43NO6. The van der Waals surface area contributed by atoms with Gasteiger partial charge in [0.2, 0.25) is 5.91 Å². The number of aliphatic carboxylic acids is 1. The van der Waals surface area contributed by atoms with Gasteiger partial charge in [0.1, 0.15) is 17.6 Å². The van der Waals surface area contributed by atoms with E-state index < -0.39 is 18.0 Å². The number of hydrogen-bond donors (Lipinski definition) is 2. The molecule has 1 aliphatic heterocycles. The molecule has 3 aromatic rings. The number of ether oxygens (including phenoxy) is 2. The zero-order valence-corrected chi connectivity index (χ0v) is 25.9. The third-order valence-corrected chi connectivity index (χ3v) is 8.78. The first-order valence-corrected chi connectivity index (χ1v) is 15.8. The fraction of sp³-hybridized carbons (Fsp3) is 0.432. The van der Waals surface area contributed by atoms with Crippen LogP contribution >= 0.6 is 0 Å². The summed E-state index contributed by atoms with van der Waals surface area (Å²) < 4.78 is 12.1. The lowest BCUT2D eigenvalue weighted by Crippen LogP contribution is -2.23. The molecule has 5 rings (SSSR count). The molecule has 1 aliphatic carbocycles. The topological polar surface area (TPSA) is 102 Å². The van der Waals surface area contributed by atoms with E-state index in [0.29, 0.717) is 18.0 Å². The van der Waals surface area contributed by atoms with Crippen LogP contribution in [0.25, 0.3) is 0 Å². The summed E-state index contributed by atoms with van der Waals surface area (Å²) in [7, 11) is 0. The molecule has 2 aliphatic rings. The summed E-state index contributed by atoms with van der Waals surface area (Å²) in [6, 6.07) is 21.6. The molecule has 44 heavy (non-hydrogen) atoms. The van der Waals surface area contributed by atoms with Crippen molar-refractivity contribution >= 4 is 23.5 Å². The second-order valence-electron chi connectivity index (χ2n) is 13.1. The van der Waals surface area contributed by atoms with Gasteiger partial charge in [-0.25, -0.2) is 0 Å². The highest BCUT2D eigenvalue weighted by Crippen LogP contribution is 2.46. The lowest BCUT2D eigenvalue weighted by atomic mass is 9.82. The minimum atomic E-state index is -1.03.